The summed E-state index contributed by atoms with van der Waals surface area (Å²) in [6.07, 6.45) is 1.24. The maximum absolute atomic E-state index is 13.1. The molecule has 1 aliphatic rings. The second kappa shape index (κ2) is 10.8. The third-order valence-corrected chi connectivity index (χ3v) is 6.35. The lowest BCUT2D eigenvalue weighted by Gasteiger charge is -2.26. The second-order valence-corrected chi connectivity index (χ2v) is 8.91. The number of urea groups is 1. The maximum atomic E-state index is 13.1. The molecule has 0 aromatic heterocycles. The van der Waals surface area contributed by atoms with Gasteiger partial charge >= 0.3 is 6.03 Å². The zero-order chi connectivity index (χ0) is 26.7. The van der Waals surface area contributed by atoms with E-state index in [2.05, 4.69) is 21.2 Å². The molecule has 1 fully saturated rings. The smallest absolute Gasteiger partial charge is 0.335 e. The third kappa shape index (κ3) is 5.47. The summed E-state index contributed by atoms with van der Waals surface area (Å²) in [4.78, 5) is 49.2. The minimum Gasteiger partial charge on any atom is -0.493 e. The summed E-state index contributed by atoms with van der Waals surface area (Å²) >= 11 is 9.90. The molecule has 1 aliphatic heterocycles. The molecule has 3 aromatic rings. The van der Waals surface area contributed by atoms with E-state index >= 15 is 0 Å². The number of non-ortho nitro benzene ring substituents is 1. The van der Waals surface area contributed by atoms with Gasteiger partial charge in [-0.3, -0.25) is 25.0 Å². The Morgan fingerprint density at radius 2 is 1.86 bits per heavy atom. The van der Waals surface area contributed by atoms with Gasteiger partial charge in [0.1, 0.15) is 12.2 Å². The van der Waals surface area contributed by atoms with Crippen LogP contribution in [0.3, 0.4) is 0 Å². The molecule has 4 amide bonds. The summed E-state index contributed by atoms with van der Waals surface area (Å²) in [5.74, 6) is -1.38. The zero-order valence-corrected chi connectivity index (χ0v) is 21.4. The van der Waals surface area contributed by atoms with E-state index in [9.17, 15) is 24.5 Å². The Bertz CT molecular complexity index is 1470. The third-order valence-electron chi connectivity index (χ3n) is 5.29. The van der Waals surface area contributed by atoms with Crippen molar-refractivity contribution in [3.05, 3.63) is 97.0 Å². The minimum absolute atomic E-state index is 0.0680. The van der Waals surface area contributed by atoms with E-state index in [-0.39, 0.29) is 40.1 Å². The van der Waals surface area contributed by atoms with Gasteiger partial charge in [-0.05, 0) is 35.9 Å². The number of amides is 4. The van der Waals surface area contributed by atoms with Crippen molar-refractivity contribution >= 4 is 62.8 Å². The van der Waals surface area contributed by atoms with Crippen molar-refractivity contribution in [1.82, 2.24) is 5.32 Å². The molecule has 0 bridgehead atoms. The van der Waals surface area contributed by atoms with Gasteiger partial charge in [0, 0.05) is 22.2 Å². The van der Waals surface area contributed by atoms with Gasteiger partial charge in [-0.15, -0.1) is 0 Å². The lowest BCUT2D eigenvalue weighted by atomic mass is 10.1. The number of rotatable bonds is 7. The van der Waals surface area contributed by atoms with Crippen LogP contribution in [-0.4, -0.2) is 29.9 Å². The van der Waals surface area contributed by atoms with Crippen LogP contribution in [-0.2, 0) is 16.2 Å². The second-order valence-electron chi connectivity index (χ2n) is 7.65. The lowest BCUT2D eigenvalue weighted by molar-refractivity contribution is -0.384. The summed E-state index contributed by atoms with van der Waals surface area (Å²) in [6.45, 7) is 0.194. The number of nitro groups is 1. The lowest BCUT2D eigenvalue weighted by Crippen LogP contribution is -2.54. The number of hydrogen-bond donors (Lipinski definition) is 1. The molecule has 188 valence electrons. The number of nitrogens with one attached hydrogen (secondary N) is 1. The number of barbiturate groups is 1. The van der Waals surface area contributed by atoms with Gasteiger partial charge < -0.3 is 9.47 Å². The molecule has 0 atom stereocenters. The number of hydrogen-bond acceptors (Lipinski definition) is 7. The van der Waals surface area contributed by atoms with Crippen LogP contribution in [0.2, 0.25) is 5.02 Å². The summed E-state index contributed by atoms with van der Waals surface area (Å²) in [6, 6.07) is 14.4. The standard InChI is InChI=1S/C25H17BrClN3O7/c1-36-21-11-14(10-20(27)22(21)37-13-15-5-2-3-8-19(15)26)9-18-23(31)28-25(33)29(24(18)32)16-6-4-7-17(12-16)30(34)35/h2-12H,13H2,1H3,(H,28,31,33)/b18-9+. The number of ether oxygens (including phenoxy) is 2. The summed E-state index contributed by atoms with van der Waals surface area (Å²) in [5, 5.41) is 13.4. The fraction of sp³-hybridized carbons (Fsp3) is 0.0800. The van der Waals surface area contributed by atoms with Crippen LogP contribution in [0.15, 0.2) is 70.7 Å². The molecule has 12 heteroatoms. The van der Waals surface area contributed by atoms with E-state index in [0.29, 0.717) is 10.5 Å². The molecular formula is C25H17BrClN3O7. The normalized spacial score (nSPS) is 14.5. The van der Waals surface area contributed by atoms with Crippen molar-refractivity contribution in [3.63, 3.8) is 0 Å². The van der Waals surface area contributed by atoms with Crippen molar-refractivity contribution in [2.45, 2.75) is 6.61 Å². The van der Waals surface area contributed by atoms with E-state index in [1.807, 2.05) is 24.3 Å². The quantitative estimate of drug-likeness (QED) is 0.173. The zero-order valence-electron chi connectivity index (χ0n) is 19.1. The van der Waals surface area contributed by atoms with Crippen LogP contribution >= 0.6 is 27.5 Å². The molecule has 1 heterocycles. The Kier molecular flexibility index (Phi) is 7.55. The van der Waals surface area contributed by atoms with Gasteiger partial charge in [-0.2, -0.15) is 0 Å². The number of carbonyl (C=O) groups is 3. The number of imide groups is 2. The van der Waals surface area contributed by atoms with Crippen LogP contribution in [0.25, 0.3) is 6.08 Å². The number of nitro benzene ring substituents is 1. The van der Waals surface area contributed by atoms with Crippen molar-refractivity contribution in [2.24, 2.45) is 0 Å². The molecule has 1 saturated heterocycles. The number of anilines is 1. The molecule has 0 radical (unpaired) electrons. The molecule has 37 heavy (non-hydrogen) atoms. The van der Waals surface area contributed by atoms with Gasteiger partial charge in [0.2, 0.25) is 0 Å². The van der Waals surface area contributed by atoms with Crippen molar-refractivity contribution < 1.29 is 28.8 Å². The highest BCUT2D eigenvalue weighted by Gasteiger charge is 2.37. The first-order valence-electron chi connectivity index (χ1n) is 10.6. The Morgan fingerprint density at radius 3 is 2.57 bits per heavy atom. The Hall–Kier alpha value is -4.22. The van der Waals surface area contributed by atoms with Gasteiger partial charge in [0.15, 0.2) is 11.5 Å². The highest BCUT2D eigenvalue weighted by Crippen LogP contribution is 2.38. The topological polar surface area (TPSA) is 128 Å². The summed E-state index contributed by atoms with van der Waals surface area (Å²) in [7, 11) is 1.41. The first kappa shape index (κ1) is 25.9. The van der Waals surface area contributed by atoms with Gasteiger partial charge in [0.05, 0.1) is 22.7 Å². The van der Waals surface area contributed by atoms with E-state index in [1.54, 1.807) is 0 Å². The van der Waals surface area contributed by atoms with E-state index in [1.165, 1.54) is 43.5 Å². The minimum atomic E-state index is -1.03. The average molecular weight is 587 g/mol. The summed E-state index contributed by atoms with van der Waals surface area (Å²) in [5.41, 5.74) is 0.423. The highest BCUT2D eigenvalue weighted by molar-refractivity contribution is 9.10. The van der Waals surface area contributed by atoms with E-state index < -0.39 is 22.8 Å². The number of halogens is 2. The van der Waals surface area contributed by atoms with Crippen LogP contribution in [0.4, 0.5) is 16.2 Å². The Labute approximate surface area is 223 Å². The van der Waals surface area contributed by atoms with Gasteiger partial charge in [0.25, 0.3) is 17.5 Å². The van der Waals surface area contributed by atoms with Crippen LogP contribution in [0.1, 0.15) is 11.1 Å². The molecule has 0 unspecified atom stereocenters. The molecule has 0 saturated carbocycles. The monoisotopic (exact) mass is 585 g/mol. The molecule has 4 rings (SSSR count). The van der Waals surface area contributed by atoms with Crippen LogP contribution in [0.5, 0.6) is 11.5 Å². The fourth-order valence-electron chi connectivity index (χ4n) is 3.53. The summed E-state index contributed by atoms with van der Waals surface area (Å²) < 4.78 is 12.1. The van der Waals surface area contributed by atoms with Crippen molar-refractivity contribution in [3.8, 4) is 11.5 Å². The fourth-order valence-corrected chi connectivity index (χ4v) is 4.21. The average Bonchev–Trinajstić information content (AvgIpc) is 2.86. The molecule has 3 aromatic carbocycles. The van der Waals surface area contributed by atoms with Crippen LogP contribution < -0.4 is 19.7 Å². The molecular weight excluding hydrogens is 570 g/mol. The van der Waals surface area contributed by atoms with Crippen LogP contribution in [0, 0.1) is 10.1 Å². The maximum Gasteiger partial charge on any atom is 0.335 e. The molecule has 1 N–H and O–H groups in total. The van der Waals surface area contributed by atoms with Crippen molar-refractivity contribution in [2.75, 3.05) is 12.0 Å². The molecule has 0 spiro atoms. The van der Waals surface area contributed by atoms with Gasteiger partial charge in [-0.1, -0.05) is 51.8 Å². The Balaban J connectivity index is 1.66. The van der Waals surface area contributed by atoms with Crippen molar-refractivity contribution in [1.29, 1.82) is 0 Å². The predicted molar refractivity (Wildman–Crippen MR) is 139 cm³/mol. The number of nitrogens with zero attached hydrogens (tertiary/aromatic N) is 2. The molecule has 0 aliphatic carbocycles. The van der Waals surface area contributed by atoms with E-state index in [4.69, 9.17) is 21.1 Å². The largest absolute Gasteiger partial charge is 0.493 e. The first-order valence-corrected chi connectivity index (χ1v) is 11.8. The highest BCUT2D eigenvalue weighted by atomic mass is 79.9. The number of methoxy groups -OCH3 is 1. The predicted octanol–water partition coefficient (Wildman–Crippen LogP) is 5.26. The SMILES string of the molecule is COc1cc(/C=C2\C(=O)NC(=O)N(c3cccc([N+](=O)[O-])c3)C2=O)cc(Cl)c1OCc1ccccc1Br. The number of benzene rings is 3. The first-order chi connectivity index (χ1) is 17.7. The van der Waals surface area contributed by atoms with Gasteiger partial charge in [-0.25, -0.2) is 9.69 Å². The van der Waals surface area contributed by atoms with E-state index in [0.717, 1.165) is 16.1 Å². The molecule has 10 nitrogen and oxygen atoms in total. The number of carbonyl (C=O) groups excluding carboxylic acids is 3. The Morgan fingerprint density at radius 1 is 1.11 bits per heavy atom.